The van der Waals surface area contributed by atoms with E-state index in [1.807, 2.05) is 0 Å². The van der Waals surface area contributed by atoms with E-state index in [4.69, 9.17) is 16.7 Å². The Labute approximate surface area is 119 Å². The second-order valence-corrected chi connectivity index (χ2v) is 5.69. The van der Waals surface area contributed by atoms with Crippen molar-refractivity contribution in [1.82, 2.24) is 0 Å². The van der Waals surface area contributed by atoms with Crippen molar-refractivity contribution in [3.63, 3.8) is 0 Å². The highest BCUT2D eigenvalue weighted by molar-refractivity contribution is 6.21. The highest BCUT2D eigenvalue weighted by Crippen LogP contribution is 2.27. The molecular weight excluding hydrogens is 260 g/mol. The number of carbonyl (C=O) groups is 1. The smallest absolute Gasteiger partial charge is 0.304 e. The van der Waals surface area contributed by atoms with E-state index in [2.05, 4.69) is 30.3 Å². The maximum atomic E-state index is 10.6. The van der Waals surface area contributed by atoms with Crippen LogP contribution in [0.5, 0.6) is 0 Å². The largest absolute Gasteiger partial charge is 0.481 e. The van der Waals surface area contributed by atoms with Gasteiger partial charge in [0.05, 0.1) is 6.42 Å². The summed E-state index contributed by atoms with van der Waals surface area (Å²) in [5, 5.41) is 8.35. The van der Waals surface area contributed by atoms with Gasteiger partial charge in [0.25, 0.3) is 0 Å². The Bertz CT molecular complexity index is 462. The molecule has 0 aliphatic heterocycles. The molecule has 0 saturated carbocycles. The number of carboxylic acid groups (broad SMARTS) is 1. The van der Waals surface area contributed by atoms with Crippen molar-refractivity contribution in [2.75, 3.05) is 0 Å². The number of rotatable bonds is 5. The third-order valence-electron chi connectivity index (χ3n) is 3.47. The average molecular weight is 279 g/mol. The molecule has 1 aliphatic rings. The molecule has 1 aromatic carbocycles. The van der Waals surface area contributed by atoms with Gasteiger partial charge in [-0.1, -0.05) is 30.3 Å². The quantitative estimate of drug-likeness (QED) is 0.817. The molecule has 1 N–H and O–H groups in total. The van der Waals surface area contributed by atoms with Gasteiger partial charge in [0.2, 0.25) is 0 Å². The first kappa shape index (κ1) is 14.1. The van der Waals surface area contributed by atoms with Crippen LogP contribution < -0.4 is 0 Å². The minimum atomic E-state index is -0.844. The Balaban J connectivity index is 1.98. The molecule has 102 valence electrons. The van der Waals surface area contributed by atoms with E-state index in [0.29, 0.717) is 6.42 Å². The zero-order valence-electron chi connectivity index (χ0n) is 10.9. The molecule has 1 aliphatic carbocycles. The normalized spacial score (nSPS) is 16.8. The number of allylic oxidation sites excluding steroid dienone is 2. The van der Waals surface area contributed by atoms with E-state index >= 15 is 0 Å². The summed E-state index contributed by atoms with van der Waals surface area (Å²) in [5.74, 6) is -0.844. The number of carboxylic acids is 1. The Kier molecular flexibility index (Phi) is 5.03. The summed E-state index contributed by atoms with van der Waals surface area (Å²) in [5.41, 5.74) is 3.82. The Morgan fingerprint density at radius 3 is 2.58 bits per heavy atom. The predicted octanol–water partition coefficient (Wildman–Crippen LogP) is 4.27. The standard InChI is InChI=1S/C16H19ClO2/c17-15(11-16(18)19)10-12-6-8-14(9-7-12)13-4-2-1-3-5-13/h4,6-9,15H,1-3,5,10-11H2,(H,18,19). The van der Waals surface area contributed by atoms with Crippen LogP contribution in [0, 0.1) is 0 Å². The summed E-state index contributed by atoms with van der Waals surface area (Å²) in [7, 11) is 0. The molecule has 3 heteroatoms. The number of aliphatic carboxylic acids is 1. The molecule has 2 nitrogen and oxygen atoms in total. The van der Waals surface area contributed by atoms with Gasteiger partial charge in [-0.2, -0.15) is 0 Å². The van der Waals surface area contributed by atoms with Crippen molar-refractivity contribution in [3.05, 3.63) is 41.5 Å². The molecule has 0 aromatic heterocycles. The molecule has 1 unspecified atom stereocenters. The minimum absolute atomic E-state index is 0.00839. The van der Waals surface area contributed by atoms with Crippen LogP contribution in [0.15, 0.2) is 30.3 Å². The van der Waals surface area contributed by atoms with Crippen LogP contribution in [0.4, 0.5) is 0 Å². The number of hydrogen-bond donors (Lipinski definition) is 1. The number of alkyl halides is 1. The second kappa shape index (κ2) is 6.76. The van der Waals surface area contributed by atoms with Gasteiger partial charge in [0, 0.05) is 5.38 Å². The van der Waals surface area contributed by atoms with Crippen LogP contribution in [-0.2, 0) is 11.2 Å². The van der Waals surface area contributed by atoms with Gasteiger partial charge in [-0.15, -0.1) is 11.6 Å². The lowest BCUT2D eigenvalue weighted by Gasteiger charge is -2.13. The summed E-state index contributed by atoms with van der Waals surface area (Å²) in [6.07, 6.45) is 7.85. The van der Waals surface area contributed by atoms with Gasteiger partial charge < -0.3 is 5.11 Å². The van der Waals surface area contributed by atoms with Crippen molar-refractivity contribution < 1.29 is 9.90 Å². The molecule has 0 saturated heterocycles. The SMILES string of the molecule is O=C(O)CC(Cl)Cc1ccc(C2=CCCCC2)cc1. The number of halogens is 1. The molecule has 0 fully saturated rings. The predicted molar refractivity (Wildman–Crippen MR) is 78.5 cm³/mol. The van der Waals surface area contributed by atoms with Gasteiger partial charge in [-0.25, -0.2) is 0 Å². The molecule has 19 heavy (non-hydrogen) atoms. The maximum absolute atomic E-state index is 10.6. The summed E-state index contributed by atoms with van der Waals surface area (Å²) in [6.45, 7) is 0. The lowest BCUT2D eigenvalue weighted by molar-refractivity contribution is -0.137. The summed E-state index contributed by atoms with van der Waals surface area (Å²) < 4.78 is 0. The maximum Gasteiger partial charge on any atom is 0.304 e. The van der Waals surface area contributed by atoms with Crippen molar-refractivity contribution in [2.45, 2.75) is 43.9 Å². The van der Waals surface area contributed by atoms with Crippen molar-refractivity contribution in [3.8, 4) is 0 Å². The second-order valence-electron chi connectivity index (χ2n) is 5.07. The first-order valence-corrected chi connectivity index (χ1v) is 7.23. The Morgan fingerprint density at radius 1 is 1.26 bits per heavy atom. The fourth-order valence-electron chi connectivity index (χ4n) is 2.47. The van der Waals surface area contributed by atoms with Crippen LogP contribution in [0.3, 0.4) is 0 Å². The van der Waals surface area contributed by atoms with E-state index < -0.39 is 5.97 Å². The van der Waals surface area contributed by atoms with Crippen molar-refractivity contribution in [1.29, 1.82) is 0 Å². The molecule has 1 atom stereocenters. The molecule has 0 amide bonds. The van der Waals surface area contributed by atoms with Crippen LogP contribution in [0.25, 0.3) is 5.57 Å². The van der Waals surface area contributed by atoms with Crippen molar-refractivity contribution >= 4 is 23.1 Å². The molecule has 0 heterocycles. The molecule has 2 rings (SSSR count). The summed E-state index contributed by atoms with van der Waals surface area (Å²) in [4.78, 5) is 10.6. The van der Waals surface area contributed by atoms with Gasteiger partial charge in [0.15, 0.2) is 0 Å². The zero-order valence-corrected chi connectivity index (χ0v) is 11.7. The third kappa shape index (κ3) is 4.39. The minimum Gasteiger partial charge on any atom is -0.481 e. The summed E-state index contributed by atoms with van der Waals surface area (Å²) >= 11 is 6.01. The molecule has 0 spiro atoms. The van der Waals surface area contributed by atoms with E-state index in [-0.39, 0.29) is 11.8 Å². The highest BCUT2D eigenvalue weighted by atomic mass is 35.5. The van der Waals surface area contributed by atoms with E-state index in [1.54, 1.807) is 0 Å². The fourth-order valence-corrected chi connectivity index (χ4v) is 2.78. The van der Waals surface area contributed by atoms with E-state index in [9.17, 15) is 4.79 Å². The molecular formula is C16H19ClO2. The fraction of sp³-hybridized carbons (Fsp3) is 0.438. The van der Waals surface area contributed by atoms with Crippen LogP contribution in [-0.4, -0.2) is 16.5 Å². The summed E-state index contributed by atoms with van der Waals surface area (Å²) in [6, 6.07) is 8.36. The number of benzene rings is 1. The highest BCUT2D eigenvalue weighted by Gasteiger charge is 2.11. The van der Waals surface area contributed by atoms with Crippen LogP contribution in [0.2, 0.25) is 0 Å². The van der Waals surface area contributed by atoms with E-state index in [0.717, 1.165) is 12.0 Å². The number of hydrogen-bond acceptors (Lipinski definition) is 1. The zero-order chi connectivity index (χ0) is 13.7. The van der Waals surface area contributed by atoms with Gasteiger partial charge in [0.1, 0.15) is 0 Å². The van der Waals surface area contributed by atoms with Crippen molar-refractivity contribution in [2.24, 2.45) is 0 Å². The Morgan fingerprint density at radius 2 is 2.00 bits per heavy atom. The first-order chi connectivity index (χ1) is 9.15. The Hall–Kier alpha value is -1.28. The van der Waals surface area contributed by atoms with Gasteiger partial charge in [-0.3, -0.25) is 4.79 Å². The lowest BCUT2D eigenvalue weighted by Crippen LogP contribution is -2.10. The first-order valence-electron chi connectivity index (χ1n) is 6.79. The van der Waals surface area contributed by atoms with Gasteiger partial charge in [-0.05, 0) is 48.8 Å². The average Bonchev–Trinajstić information content (AvgIpc) is 2.39. The van der Waals surface area contributed by atoms with E-state index in [1.165, 1.54) is 30.4 Å². The third-order valence-corrected chi connectivity index (χ3v) is 3.78. The topological polar surface area (TPSA) is 37.3 Å². The molecule has 0 radical (unpaired) electrons. The van der Waals surface area contributed by atoms with Gasteiger partial charge >= 0.3 is 5.97 Å². The molecule has 0 bridgehead atoms. The molecule has 1 aromatic rings. The van der Waals surface area contributed by atoms with Crippen LogP contribution in [0.1, 0.15) is 43.2 Å². The monoisotopic (exact) mass is 278 g/mol. The lowest BCUT2D eigenvalue weighted by atomic mass is 9.93. The van der Waals surface area contributed by atoms with Crippen LogP contribution >= 0.6 is 11.6 Å².